The van der Waals surface area contributed by atoms with E-state index >= 15 is 0 Å². The summed E-state index contributed by atoms with van der Waals surface area (Å²) in [5, 5.41) is 0.249. The van der Waals surface area contributed by atoms with Crippen LogP contribution in [-0.4, -0.2) is 22.3 Å². The maximum atomic E-state index is 13.1. The second-order valence-electron chi connectivity index (χ2n) is 8.11. The van der Waals surface area contributed by atoms with Crippen LogP contribution >= 0.6 is 11.8 Å². The molecule has 33 heavy (non-hydrogen) atoms. The number of nitrogens with zero attached hydrogens (tertiary/aromatic N) is 2. The minimum atomic E-state index is -4.25. The lowest BCUT2D eigenvalue weighted by atomic mass is 9.79. The van der Waals surface area contributed by atoms with Gasteiger partial charge in [-0.2, -0.15) is 13.2 Å². The zero-order valence-corrected chi connectivity index (χ0v) is 19.9. The maximum absolute atomic E-state index is 13.1. The van der Waals surface area contributed by atoms with Gasteiger partial charge in [-0.25, -0.2) is 4.98 Å². The molecular weight excluding hydrogens is 449 g/mol. The predicted octanol–water partition coefficient (Wildman–Crippen LogP) is 6.57. The minimum absolute atomic E-state index is 0.0596. The summed E-state index contributed by atoms with van der Waals surface area (Å²) in [6, 6.07) is 11.7. The average Bonchev–Trinajstić information content (AvgIpc) is 2.77. The van der Waals surface area contributed by atoms with Crippen molar-refractivity contribution in [2.45, 2.75) is 62.0 Å². The molecule has 1 aromatic heterocycles. The number of rotatable bonds is 4. The SMILES string of the molecule is CC.CC1(C)CCOc2ccc(-n3ccnc(Sc4ccc(CC(F)(F)F)cc4)c3=O)cc21. The standard InChI is InChI=1S/C23H21F3N2O2S.C2H6/c1-22(2)9-12-30-19-8-5-16(13-18(19)22)28-11-10-27-20(21(28)29)31-17-6-3-15(4-7-17)14-23(24,25)26;1-2/h3-8,10-11,13H,9,12,14H2,1-2H3;1-2H3. The molecule has 1 aliphatic heterocycles. The van der Waals surface area contributed by atoms with Crippen molar-refractivity contribution in [1.82, 2.24) is 9.55 Å². The van der Waals surface area contributed by atoms with Crippen LogP contribution in [0.2, 0.25) is 0 Å². The van der Waals surface area contributed by atoms with Gasteiger partial charge in [0.05, 0.1) is 13.0 Å². The first-order chi connectivity index (χ1) is 15.6. The Hall–Kier alpha value is -2.74. The summed E-state index contributed by atoms with van der Waals surface area (Å²) in [6.07, 6.45) is -1.19. The molecule has 0 amide bonds. The van der Waals surface area contributed by atoms with E-state index in [1.807, 2.05) is 32.0 Å². The molecule has 0 saturated carbocycles. The zero-order chi connectivity index (χ0) is 24.2. The second-order valence-corrected chi connectivity index (χ2v) is 9.17. The molecule has 1 aliphatic rings. The highest BCUT2D eigenvalue weighted by atomic mass is 32.2. The van der Waals surface area contributed by atoms with Gasteiger partial charge in [-0.1, -0.05) is 51.6 Å². The molecule has 176 valence electrons. The summed E-state index contributed by atoms with van der Waals surface area (Å²) >= 11 is 1.13. The van der Waals surface area contributed by atoms with Gasteiger partial charge in [0, 0.05) is 28.5 Å². The van der Waals surface area contributed by atoms with Gasteiger partial charge in [-0.15, -0.1) is 0 Å². The number of hydrogen-bond acceptors (Lipinski definition) is 4. The molecule has 4 rings (SSSR count). The smallest absolute Gasteiger partial charge is 0.393 e. The molecule has 0 radical (unpaired) electrons. The van der Waals surface area contributed by atoms with Crippen LogP contribution in [0.25, 0.3) is 5.69 Å². The molecule has 0 bridgehead atoms. The normalized spacial score (nSPS) is 14.5. The Kier molecular flexibility index (Phi) is 7.57. The molecule has 0 atom stereocenters. The molecule has 2 heterocycles. The van der Waals surface area contributed by atoms with Crippen molar-refractivity contribution in [2.75, 3.05) is 6.61 Å². The Bertz CT molecular complexity index is 1160. The summed E-state index contributed by atoms with van der Waals surface area (Å²) in [7, 11) is 0. The Labute approximate surface area is 195 Å². The predicted molar refractivity (Wildman–Crippen MR) is 125 cm³/mol. The van der Waals surface area contributed by atoms with Crippen LogP contribution in [-0.2, 0) is 11.8 Å². The maximum Gasteiger partial charge on any atom is 0.393 e. The summed E-state index contributed by atoms with van der Waals surface area (Å²) in [5.74, 6) is 0.829. The lowest BCUT2D eigenvalue weighted by molar-refractivity contribution is -0.127. The Balaban J connectivity index is 0.00000149. The Morgan fingerprint density at radius 2 is 1.82 bits per heavy atom. The lowest BCUT2D eigenvalue weighted by Gasteiger charge is -2.32. The van der Waals surface area contributed by atoms with E-state index < -0.39 is 12.6 Å². The molecule has 0 fully saturated rings. The van der Waals surface area contributed by atoms with Crippen molar-refractivity contribution in [3.8, 4) is 11.4 Å². The van der Waals surface area contributed by atoms with Crippen LogP contribution in [0.3, 0.4) is 0 Å². The van der Waals surface area contributed by atoms with Gasteiger partial charge in [0.15, 0.2) is 5.03 Å². The van der Waals surface area contributed by atoms with Crippen molar-refractivity contribution in [2.24, 2.45) is 0 Å². The van der Waals surface area contributed by atoms with Gasteiger partial charge in [-0.05, 0) is 47.7 Å². The summed E-state index contributed by atoms with van der Waals surface area (Å²) in [4.78, 5) is 17.9. The molecule has 4 nitrogen and oxygen atoms in total. The van der Waals surface area contributed by atoms with Crippen molar-refractivity contribution >= 4 is 11.8 Å². The average molecular weight is 477 g/mol. The first-order valence-electron chi connectivity index (χ1n) is 10.8. The van der Waals surface area contributed by atoms with Crippen molar-refractivity contribution in [3.05, 3.63) is 76.3 Å². The number of benzene rings is 2. The number of ether oxygens (including phenoxy) is 1. The highest BCUT2D eigenvalue weighted by molar-refractivity contribution is 7.99. The fourth-order valence-corrected chi connectivity index (χ4v) is 4.35. The van der Waals surface area contributed by atoms with Crippen LogP contribution in [0.1, 0.15) is 45.2 Å². The molecule has 0 spiro atoms. The van der Waals surface area contributed by atoms with Crippen LogP contribution in [0.15, 0.2) is 69.6 Å². The summed E-state index contributed by atoms with van der Waals surface area (Å²) in [5.41, 5.74) is 1.59. The Morgan fingerprint density at radius 1 is 1.12 bits per heavy atom. The van der Waals surface area contributed by atoms with E-state index in [1.54, 1.807) is 24.5 Å². The lowest BCUT2D eigenvalue weighted by Crippen LogP contribution is -2.27. The molecule has 3 aromatic rings. The van der Waals surface area contributed by atoms with Gasteiger partial charge in [0.25, 0.3) is 5.56 Å². The van der Waals surface area contributed by atoms with Gasteiger partial charge in [-0.3, -0.25) is 9.36 Å². The fourth-order valence-electron chi connectivity index (χ4n) is 3.56. The number of fused-ring (bicyclic) bond motifs is 1. The summed E-state index contributed by atoms with van der Waals surface area (Å²) in [6.45, 7) is 8.96. The van der Waals surface area contributed by atoms with Crippen LogP contribution in [0.4, 0.5) is 13.2 Å². The molecule has 0 N–H and O–H groups in total. The van der Waals surface area contributed by atoms with Crippen LogP contribution < -0.4 is 10.3 Å². The van der Waals surface area contributed by atoms with E-state index in [2.05, 4.69) is 18.8 Å². The number of halogens is 3. The fraction of sp³-hybridized carbons (Fsp3) is 0.360. The van der Waals surface area contributed by atoms with Crippen molar-refractivity contribution in [3.63, 3.8) is 0 Å². The van der Waals surface area contributed by atoms with Gasteiger partial charge < -0.3 is 4.74 Å². The zero-order valence-electron chi connectivity index (χ0n) is 19.1. The van der Waals surface area contributed by atoms with E-state index in [9.17, 15) is 18.0 Å². The minimum Gasteiger partial charge on any atom is -0.493 e. The highest BCUT2D eigenvalue weighted by Crippen LogP contribution is 2.39. The third-order valence-electron chi connectivity index (χ3n) is 5.31. The van der Waals surface area contributed by atoms with Crippen LogP contribution in [0, 0.1) is 0 Å². The third kappa shape index (κ3) is 5.99. The second kappa shape index (κ2) is 10.0. The molecule has 0 saturated heterocycles. The molecule has 0 aliphatic carbocycles. The third-order valence-corrected chi connectivity index (χ3v) is 6.29. The number of hydrogen-bond donors (Lipinski definition) is 0. The summed E-state index contributed by atoms with van der Waals surface area (Å²) < 4.78 is 44.9. The van der Waals surface area contributed by atoms with Crippen molar-refractivity contribution < 1.29 is 17.9 Å². The van der Waals surface area contributed by atoms with Gasteiger partial charge in [0.1, 0.15) is 5.75 Å². The van der Waals surface area contributed by atoms with E-state index in [4.69, 9.17) is 4.74 Å². The molecule has 0 unspecified atom stereocenters. The van der Waals surface area contributed by atoms with Gasteiger partial charge in [0.2, 0.25) is 0 Å². The quantitative estimate of drug-likeness (QED) is 0.427. The molecule has 8 heteroatoms. The number of alkyl halides is 3. The monoisotopic (exact) mass is 476 g/mol. The number of aromatic nitrogens is 2. The van der Waals surface area contributed by atoms with E-state index in [1.165, 1.54) is 16.7 Å². The first kappa shape index (κ1) is 24.9. The molecule has 2 aromatic carbocycles. The van der Waals surface area contributed by atoms with E-state index in [-0.39, 0.29) is 21.6 Å². The van der Waals surface area contributed by atoms with Crippen molar-refractivity contribution in [1.29, 1.82) is 0 Å². The first-order valence-corrected chi connectivity index (χ1v) is 11.6. The highest BCUT2D eigenvalue weighted by Gasteiger charge is 2.29. The van der Waals surface area contributed by atoms with Gasteiger partial charge >= 0.3 is 6.18 Å². The largest absolute Gasteiger partial charge is 0.493 e. The topological polar surface area (TPSA) is 44.1 Å². The van der Waals surface area contributed by atoms with Crippen LogP contribution in [0.5, 0.6) is 5.75 Å². The van der Waals surface area contributed by atoms with E-state index in [0.717, 1.165) is 29.5 Å². The Morgan fingerprint density at radius 3 is 2.48 bits per heavy atom. The van der Waals surface area contributed by atoms with E-state index in [0.29, 0.717) is 17.2 Å². The molecular formula is C25H27F3N2O2S.